The van der Waals surface area contributed by atoms with Gasteiger partial charge in [-0.3, -0.25) is 9.59 Å². The molecule has 0 aliphatic carbocycles. The van der Waals surface area contributed by atoms with Crippen molar-refractivity contribution in [3.8, 4) is 17.2 Å². The Bertz CT molecular complexity index is 1030. The van der Waals surface area contributed by atoms with Crippen molar-refractivity contribution in [2.45, 2.75) is 20.4 Å². The van der Waals surface area contributed by atoms with Crippen LogP contribution in [0, 0.1) is 6.92 Å². The van der Waals surface area contributed by atoms with Gasteiger partial charge >= 0.3 is 0 Å². The molecule has 1 aliphatic heterocycles. The molecule has 0 saturated heterocycles. The number of amides is 1. The number of carbonyl (C=O) groups excluding carboxylic acids is 2. The predicted octanol–water partition coefficient (Wildman–Crippen LogP) is 3.39. The molecule has 2 aromatic rings. The Morgan fingerprint density at radius 3 is 2.18 bits per heavy atom. The average Bonchev–Trinajstić information content (AvgIpc) is 3.32. The molecule has 0 saturated carbocycles. The zero-order chi connectivity index (χ0) is 23.6. The first kappa shape index (κ1) is 25.8. The van der Waals surface area contributed by atoms with Crippen LogP contribution in [0.3, 0.4) is 0 Å². The van der Waals surface area contributed by atoms with E-state index in [1.165, 1.54) is 32.3 Å². The van der Waals surface area contributed by atoms with Gasteiger partial charge in [0, 0.05) is 13.1 Å². The third-order valence-electron chi connectivity index (χ3n) is 5.30. The van der Waals surface area contributed by atoms with E-state index in [9.17, 15) is 14.7 Å². The van der Waals surface area contributed by atoms with E-state index in [4.69, 9.17) is 18.6 Å². The number of benzene rings is 1. The summed E-state index contributed by atoms with van der Waals surface area (Å²) in [4.78, 5) is 29.7. The van der Waals surface area contributed by atoms with Crippen LogP contribution in [0.2, 0.25) is 0 Å². The summed E-state index contributed by atoms with van der Waals surface area (Å²) in [7, 11) is 8.20. The molecule has 3 rings (SSSR count). The van der Waals surface area contributed by atoms with Gasteiger partial charge in [0.15, 0.2) is 23.0 Å². The van der Waals surface area contributed by atoms with Crippen molar-refractivity contribution in [3.05, 3.63) is 52.7 Å². The molecule has 180 valence electrons. The van der Waals surface area contributed by atoms with E-state index in [0.29, 0.717) is 35.1 Å². The van der Waals surface area contributed by atoms with Crippen molar-refractivity contribution in [2.75, 3.05) is 48.5 Å². The van der Waals surface area contributed by atoms with E-state index >= 15 is 0 Å². The van der Waals surface area contributed by atoms with Gasteiger partial charge in [-0.2, -0.15) is 0 Å². The quantitative estimate of drug-likeness (QED) is 0.568. The van der Waals surface area contributed by atoms with Crippen molar-refractivity contribution in [1.29, 1.82) is 0 Å². The Kier molecular flexibility index (Phi) is 8.16. The van der Waals surface area contributed by atoms with Gasteiger partial charge in [0.1, 0.15) is 5.76 Å². The van der Waals surface area contributed by atoms with Crippen LogP contribution >= 0.6 is 0 Å². The maximum absolute atomic E-state index is 13.3. The number of Topliss-reactive ketones (excluding diaryl/α,β-unsaturated/α-hetero) is 1. The minimum atomic E-state index is -0.867. The van der Waals surface area contributed by atoms with Crippen molar-refractivity contribution in [1.82, 2.24) is 9.80 Å². The maximum atomic E-state index is 13.3. The van der Waals surface area contributed by atoms with Gasteiger partial charge in [0.05, 0.1) is 32.9 Å². The Labute approximate surface area is 194 Å². The highest BCUT2D eigenvalue weighted by Gasteiger charge is 2.45. The molecule has 2 heterocycles. The molecule has 0 bridgehead atoms. The SMILES string of the molecule is C.COc1cc(C2C(C(=O)c3ccc(C)o3)=C(O)C(=O)N2CCN(C)C)cc(OC)c1OC. The molecule has 0 spiro atoms. The van der Waals surface area contributed by atoms with Crippen LogP contribution in [0.4, 0.5) is 0 Å². The number of nitrogens with zero attached hydrogens (tertiary/aromatic N) is 2. The van der Waals surface area contributed by atoms with E-state index in [1.807, 2.05) is 19.0 Å². The Balaban J connectivity index is 0.00000385. The fourth-order valence-corrected chi connectivity index (χ4v) is 3.72. The molecular formula is C24H32N2O7. The van der Waals surface area contributed by atoms with Crippen LogP contribution in [-0.4, -0.2) is 75.1 Å². The van der Waals surface area contributed by atoms with Gasteiger partial charge in [-0.15, -0.1) is 0 Å². The van der Waals surface area contributed by atoms with Crippen LogP contribution in [0.25, 0.3) is 0 Å². The van der Waals surface area contributed by atoms with Gasteiger partial charge in [-0.25, -0.2) is 0 Å². The number of rotatable bonds is 9. The lowest BCUT2D eigenvalue weighted by Gasteiger charge is -2.28. The Morgan fingerprint density at radius 1 is 1.12 bits per heavy atom. The highest BCUT2D eigenvalue weighted by molar-refractivity contribution is 6.15. The van der Waals surface area contributed by atoms with Crippen LogP contribution in [0.15, 0.2) is 40.0 Å². The maximum Gasteiger partial charge on any atom is 0.290 e. The topological polar surface area (TPSA) is 102 Å². The van der Waals surface area contributed by atoms with Crippen molar-refractivity contribution in [2.24, 2.45) is 0 Å². The summed E-state index contributed by atoms with van der Waals surface area (Å²) >= 11 is 0. The minimum absolute atomic E-state index is 0. The van der Waals surface area contributed by atoms with Crippen LogP contribution in [0.5, 0.6) is 17.2 Å². The van der Waals surface area contributed by atoms with E-state index in [1.54, 1.807) is 25.1 Å². The number of aryl methyl sites for hydroxylation is 1. The molecule has 1 unspecified atom stereocenters. The third kappa shape index (κ3) is 4.83. The summed E-state index contributed by atoms with van der Waals surface area (Å²) in [5.41, 5.74) is 0.472. The second kappa shape index (κ2) is 10.4. The monoisotopic (exact) mass is 460 g/mol. The zero-order valence-corrected chi connectivity index (χ0v) is 19.1. The Morgan fingerprint density at radius 2 is 1.73 bits per heavy atom. The number of likely N-dealkylation sites (N-methyl/N-ethyl adjacent to an activating group) is 1. The van der Waals surface area contributed by atoms with Gasteiger partial charge in [0.2, 0.25) is 11.5 Å². The normalized spacial score (nSPS) is 15.7. The molecule has 1 N–H and O–H groups in total. The minimum Gasteiger partial charge on any atom is -0.503 e. The number of furan rings is 1. The van der Waals surface area contributed by atoms with E-state index in [-0.39, 0.29) is 25.3 Å². The van der Waals surface area contributed by atoms with E-state index in [0.717, 1.165) is 0 Å². The molecule has 1 aromatic heterocycles. The number of hydrogen-bond acceptors (Lipinski definition) is 8. The Hall–Kier alpha value is -3.46. The number of carbonyl (C=O) groups is 2. The molecule has 1 amide bonds. The highest BCUT2D eigenvalue weighted by Crippen LogP contribution is 2.45. The summed E-state index contributed by atoms with van der Waals surface area (Å²) in [6.45, 7) is 2.53. The lowest BCUT2D eigenvalue weighted by atomic mass is 9.94. The smallest absolute Gasteiger partial charge is 0.290 e. The van der Waals surface area contributed by atoms with Gasteiger partial charge in [-0.05, 0) is 50.8 Å². The first-order valence-electron chi connectivity index (χ1n) is 10.0. The first-order valence-corrected chi connectivity index (χ1v) is 10.0. The van der Waals surface area contributed by atoms with Crippen molar-refractivity contribution in [3.63, 3.8) is 0 Å². The van der Waals surface area contributed by atoms with E-state index in [2.05, 4.69) is 0 Å². The van der Waals surface area contributed by atoms with Crippen LogP contribution in [0.1, 0.15) is 35.3 Å². The molecule has 1 atom stereocenters. The highest BCUT2D eigenvalue weighted by atomic mass is 16.5. The van der Waals surface area contributed by atoms with Crippen molar-refractivity contribution >= 4 is 11.7 Å². The number of methoxy groups -OCH3 is 3. The first-order chi connectivity index (χ1) is 15.2. The molecular weight excluding hydrogens is 428 g/mol. The zero-order valence-electron chi connectivity index (χ0n) is 19.1. The van der Waals surface area contributed by atoms with Gasteiger partial charge in [-0.1, -0.05) is 7.43 Å². The molecule has 1 aliphatic rings. The molecule has 33 heavy (non-hydrogen) atoms. The lowest BCUT2D eigenvalue weighted by molar-refractivity contribution is -0.129. The number of ketones is 1. The standard InChI is InChI=1S/C23H28N2O7.CH4/c1-13-7-8-15(32-13)20(26)18-19(25(10-9-24(2)3)23(28)21(18)27)14-11-16(29-4)22(31-6)17(12-14)30-5;/h7-8,11-12,19,27H,9-10H2,1-6H3;1H4. The summed E-state index contributed by atoms with van der Waals surface area (Å²) in [5, 5.41) is 10.7. The summed E-state index contributed by atoms with van der Waals surface area (Å²) in [6.07, 6.45) is 0. The largest absolute Gasteiger partial charge is 0.503 e. The molecule has 9 nitrogen and oxygen atoms in total. The molecule has 0 fully saturated rings. The predicted molar refractivity (Wildman–Crippen MR) is 123 cm³/mol. The van der Waals surface area contributed by atoms with Gasteiger partial charge < -0.3 is 33.5 Å². The summed E-state index contributed by atoms with van der Waals surface area (Å²) in [6, 6.07) is 5.65. The summed E-state index contributed by atoms with van der Waals surface area (Å²) < 4.78 is 21.8. The molecule has 1 aromatic carbocycles. The fraction of sp³-hybridized carbons (Fsp3) is 0.417. The fourth-order valence-electron chi connectivity index (χ4n) is 3.72. The summed E-state index contributed by atoms with van der Waals surface area (Å²) in [5.74, 6) is -0.0717. The molecule has 9 heteroatoms. The number of aliphatic hydroxyl groups excluding tert-OH is 1. The van der Waals surface area contributed by atoms with Crippen molar-refractivity contribution < 1.29 is 33.3 Å². The number of aliphatic hydroxyl groups is 1. The third-order valence-corrected chi connectivity index (χ3v) is 5.30. The lowest BCUT2D eigenvalue weighted by Crippen LogP contribution is -2.36. The second-order valence-corrected chi connectivity index (χ2v) is 7.66. The van der Waals surface area contributed by atoms with Gasteiger partial charge in [0.25, 0.3) is 5.91 Å². The van der Waals surface area contributed by atoms with Crippen LogP contribution in [-0.2, 0) is 4.79 Å². The van der Waals surface area contributed by atoms with E-state index < -0.39 is 23.5 Å². The second-order valence-electron chi connectivity index (χ2n) is 7.66. The molecule has 0 radical (unpaired) electrons. The van der Waals surface area contributed by atoms with Crippen LogP contribution < -0.4 is 14.2 Å². The number of ether oxygens (including phenoxy) is 3. The average molecular weight is 461 g/mol. The number of hydrogen-bond donors (Lipinski definition) is 1.